The van der Waals surface area contributed by atoms with E-state index in [0.29, 0.717) is 0 Å². The van der Waals surface area contributed by atoms with E-state index in [4.69, 9.17) is 0 Å². The van der Waals surface area contributed by atoms with E-state index in [1.807, 2.05) is 5.32 Å². The fraction of sp³-hybridized carbons (Fsp3) is 0.222. The zero-order valence-electron chi connectivity index (χ0n) is 8.24. The maximum absolute atomic E-state index is 11.0. The Balaban J connectivity index is 4.10. The normalized spacial score (nSPS) is 8.60. The second-order valence-electron chi connectivity index (χ2n) is 2.24. The predicted octanol–water partition coefficient (Wildman–Crippen LogP) is 0.502. The molecule has 0 spiro atoms. The SMILES string of the molecule is C=CC(=O)OC(=O)C(=C)NC(=O)OCC. The van der Waals surface area contributed by atoms with Crippen molar-refractivity contribution in [1.82, 2.24) is 5.32 Å². The van der Waals surface area contributed by atoms with Crippen molar-refractivity contribution in [3.63, 3.8) is 0 Å². The molecule has 0 aliphatic rings. The summed E-state index contributed by atoms with van der Waals surface area (Å²) in [6.45, 7) is 8.04. The summed E-state index contributed by atoms with van der Waals surface area (Å²) >= 11 is 0. The van der Waals surface area contributed by atoms with E-state index < -0.39 is 18.0 Å². The number of hydrogen-bond donors (Lipinski definition) is 1. The molecule has 15 heavy (non-hydrogen) atoms. The maximum atomic E-state index is 11.0. The van der Waals surface area contributed by atoms with Crippen LogP contribution in [0.3, 0.4) is 0 Å². The summed E-state index contributed by atoms with van der Waals surface area (Å²) in [5.41, 5.74) is -0.386. The number of nitrogens with one attached hydrogen (secondary N) is 1. The molecule has 6 heteroatoms. The number of carbonyl (C=O) groups is 3. The van der Waals surface area contributed by atoms with Gasteiger partial charge in [-0.15, -0.1) is 0 Å². The zero-order chi connectivity index (χ0) is 11.8. The molecule has 0 aliphatic carbocycles. The van der Waals surface area contributed by atoms with Crippen LogP contribution in [0.15, 0.2) is 24.9 Å². The summed E-state index contributed by atoms with van der Waals surface area (Å²) in [7, 11) is 0. The van der Waals surface area contributed by atoms with E-state index in [2.05, 4.69) is 22.6 Å². The molecule has 0 bridgehead atoms. The summed E-state index contributed by atoms with van der Waals surface area (Å²) in [6, 6.07) is 0. The summed E-state index contributed by atoms with van der Waals surface area (Å²) in [5.74, 6) is -1.99. The Morgan fingerprint density at radius 3 is 2.47 bits per heavy atom. The van der Waals surface area contributed by atoms with Gasteiger partial charge in [-0.2, -0.15) is 0 Å². The van der Waals surface area contributed by atoms with Crippen LogP contribution in [0.4, 0.5) is 4.79 Å². The highest BCUT2D eigenvalue weighted by molar-refractivity contribution is 6.00. The van der Waals surface area contributed by atoms with E-state index in [-0.39, 0.29) is 12.3 Å². The van der Waals surface area contributed by atoms with Crippen molar-refractivity contribution in [2.45, 2.75) is 6.92 Å². The molecule has 6 nitrogen and oxygen atoms in total. The Bertz CT molecular complexity index is 308. The van der Waals surface area contributed by atoms with E-state index in [1.54, 1.807) is 6.92 Å². The molecule has 0 saturated carbocycles. The van der Waals surface area contributed by atoms with E-state index in [0.717, 1.165) is 6.08 Å². The molecule has 0 aromatic heterocycles. The molecule has 0 radical (unpaired) electrons. The summed E-state index contributed by atoms with van der Waals surface area (Å²) < 4.78 is 8.64. The van der Waals surface area contributed by atoms with Gasteiger partial charge in [-0.3, -0.25) is 5.32 Å². The number of hydrogen-bond acceptors (Lipinski definition) is 5. The predicted molar refractivity (Wildman–Crippen MR) is 50.6 cm³/mol. The maximum Gasteiger partial charge on any atom is 0.411 e. The lowest BCUT2D eigenvalue weighted by Gasteiger charge is -2.05. The highest BCUT2D eigenvalue weighted by Gasteiger charge is 2.14. The molecular formula is C9H11NO5. The lowest BCUT2D eigenvalue weighted by Crippen LogP contribution is -2.29. The molecule has 0 saturated heterocycles. The largest absolute Gasteiger partial charge is 0.450 e. The molecule has 0 atom stereocenters. The number of carbonyl (C=O) groups excluding carboxylic acids is 3. The molecule has 0 unspecified atom stereocenters. The second-order valence-corrected chi connectivity index (χ2v) is 2.24. The fourth-order valence-corrected chi connectivity index (χ4v) is 0.536. The minimum absolute atomic E-state index is 0.153. The number of ether oxygens (including phenoxy) is 2. The summed E-state index contributed by atoms with van der Waals surface area (Å²) in [5, 5.41) is 1.99. The number of alkyl carbamates (subject to hydrolysis) is 1. The van der Waals surface area contributed by atoms with Crippen LogP contribution in [-0.2, 0) is 19.1 Å². The lowest BCUT2D eigenvalue weighted by atomic mass is 10.5. The lowest BCUT2D eigenvalue weighted by molar-refractivity contribution is -0.153. The Morgan fingerprint density at radius 2 is 2.00 bits per heavy atom. The van der Waals surface area contributed by atoms with Crippen molar-refractivity contribution in [3.05, 3.63) is 24.9 Å². The third kappa shape index (κ3) is 5.25. The van der Waals surface area contributed by atoms with Crippen molar-refractivity contribution in [1.29, 1.82) is 0 Å². The molecule has 1 N–H and O–H groups in total. The molecule has 0 aliphatic heterocycles. The smallest absolute Gasteiger partial charge is 0.411 e. The van der Waals surface area contributed by atoms with Crippen molar-refractivity contribution in [3.8, 4) is 0 Å². The van der Waals surface area contributed by atoms with Gasteiger partial charge in [0.25, 0.3) is 0 Å². The van der Waals surface area contributed by atoms with Crippen LogP contribution in [0.2, 0.25) is 0 Å². The Morgan fingerprint density at radius 1 is 1.40 bits per heavy atom. The van der Waals surface area contributed by atoms with Crippen LogP contribution < -0.4 is 5.32 Å². The number of amides is 1. The number of rotatable bonds is 4. The Kier molecular flexibility index (Phi) is 5.47. The summed E-state index contributed by atoms with van der Waals surface area (Å²) in [4.78, 5) is 32.4. The van der Waals surface area contributed by atoms with Gasteiger partial charge in [0.2, 0.25) is 0 Å². The molecular weight excluding hydrogens is 202 g/mol. The van der Waals surface area contributed by atoms with Crippen molar-refractivity contribution >= 4 is 18.0 Å². The van der Waals surface area contributed by atoms with Crippen LogP contribution in [-0.4, -0.2) is 24.6 Å². The topological polar surface area (TPSA) is 81.7 Å². The molecule has 0 fully saturated rings. The molecule has 0 aromatic rings. The van der Waals surface area contributed by atoms with E-state index in [1.165, 1.54) is 0 Å². The fourth-order valence-electron chi connectivity index (χ4n) is 0.536. The van der Waals surface area contributed by atoms with Gasteiger partial charge in [0, 0.05) is 6.08 Å². The highest BCUT2D eigenvalue weighted by atomic mass is 16.6. The Labute approximate surface area is 86.5 Å². The number of esters is 2. The minimum atomic E-state index is -1.06. The Hall–Kier alpha value is -2.11. The van der Waals surface area contributed by atoms with Gasteiger partial charge < -0.3 is 9.47 Å². The third-order valence-corrected chi connectivity index (χ3v) is 1.13. The average molecular weight is 213 g/mol. The average Bonchev–Trinajstić information content (AvgIpc) is 2.17. The van der Waals surface area contributed by atoms with Crippen molar-refractivity contribution in [2.75, 3.05) is 6.61 Å². The van der Waals surface area contributed by atoms with Crippen LogP contribution in [0.25, 0.3) is 0 Å². The quantitative estimate of drug-likeness (QED) is 0.418. The van der Waals surface area contributed by atoms with Gasteiger partial charge in [-0.05, 0) is 6.92 Å². The van der Waals surface area contributed by atoms with Crippen molar-refractivity contribution < 1.29 is 23.9 Å². The van der Waals surface area contributed by atoms with Gasteiger partial charge in [-0.1, -0.05) is 13.2 Å². The summed E-state index contributed by atoms with van der Waals surface area (Å²) in [6.07, 6.45) is -0.0271. The molecule has 1 amide bonds. The minimum Gasteiger partial charge on any atom is -0.450 e. The van der Waals surface area contributed by atoms with E-state index >= 15 is 0 Å². The third-order valence-electron chi connectivity index (χ3n) is 1.13. The van der Waals surface area contributed by atoms with E-state index in [9.17, 15) is 14.4 Å². The van der Waals surface area contributed by atoms with Crippen LogP contribution >= 0.6 is 0 Å². The monoisotopic (exact) mass is 213 g/mol. The van der Waals surface area contributed by atoms with Crippen LogP contribution in [0, 0.1) is 0 Å². The van der Waals surface area contributed by atoms with Crippen molar-refractivity contribution in [2.24, 2.45) is 0 Å². The first-order chi connectivity index (χ1) is 7.01. The highest BCUT2D eigenvalue weighted by Crippen LogP contribution is 1.92. The second kappa shape index (κ2) is 6.36. The molecule has 0 heterocycles. The first-order valence-corrected chi connectivity index (χ1v) is 4.02. The first-order valence-electron chi connectivity index (χ1n) is 4.02. The van der Waals surface area contributed by atoms with Gasteiger partial charge in [0.1, 0.15) is 5.70 Å². The molecule has 82 valence electrons. The first kappa shape index (κ1) is 12.9. The zero-order valence-corrected chi connectivity index (χ0v) is 8.24. The van der Waals surface area contributed by atoms with Gasteiger partial charge >= 0.3 is 18.0 Å². The standard InChI is InChI=1S/C9H11NO5/c1-4-7(11)15-8(12)6(3)10-9(13)14-5-2/h4H,1,3,5H2,2H3,(H,10,13). The van der Waals surface area contributed by atoms with Gasteiger partial charge in [0.15, 0.2) is 0 Å². The van der Waals surface area contributed by atoms with Gasteiger partial charge in [-0.25, -0.2) is 14.4 Å². The van der Waals surface area contributed by atoms with Gasteiger partial charge in [0.05, 0.1) is 6.61 Å². The van der Waals surface area contributed by atoms with Crippen LogP contribution in [0.5, 0.6) is 0 Å². The molecule has 0 aromatic carbocycles. The molecule has 0 rings (SSSR count). The van der Waals surface area contributed by atoms with Crippen LogP contribution in [0.1, 0.15) is 6.92 Å².